The van der Waals surface area contributed by atoms with Gasteiger partial charge in [0.1, 0.15) is 9.90 Å². The Morgan fingerprint density at radius 2 is 1.79 bits per heavy atom. The number of sulfonamides is 1. The predicted molar refractivity (Wildman–Crippen MR) is 126 cm³/mol. The Labute approximate surface area is 203 Å². The number of halogens is 1. The van der Waals surface area contributed by atoms with Gasteiger partial charge >= 0.3 is 0 Å². The first-order valence-electron chi connectivity index (χ1n) is 10.2. The summed E-state index contributed by atoms with van der Waals surface area (Å²) in [5.41, 5.74) is 1.08. The van der Waals surface area contributed by atoms with Crippen molar-refractivity contribution in [2.24, 2.45) is 0 Å². The standard InChI is InChI=1S/C21H17ClN6O4S2/c22-16-2-1-15-11-19(33-18(15)12-16)34(31,32)28-9-7-26(8-10-28)21(29)20-23-13-17(24-25-20)14-3-5-27(30)6-4-14/h1-6,11-13H,7-10H2. The van der Waals surface area contributed by atoms with E-state index in [0.717, 1.165) is 10.1 Å². The molecule has 13 heteroatoms. The molecule has 4 heterocycles. The largest absolute Gasteiger partial charge is 0.619 e. The molecule has 3 aromatic heterocycles. The van der Waals surface area contributed by atoms with Crippen LogP contribution in [0.25, 0.3) is 21.3 Å². The lowest BCUT2D eigenvalue weighted by atomic mass is 10.2. The number of carbonyl (C=O) groups is 1. The van der Waals surface area contributed by atoms with Crippen LogP contribution < -0.4 is 4.73 Å². The molecule has 0 saturated carbocycles. The van der Waals surface area contributed by atoms with Gasteiger partial charge in [-0.1, -0.05) is 17.7 Å². The molecule has 0 N–H and O–H groups in total. The first-order chi connectivity index (χ1) is 16.3. The van der Waals surface area contributed by atoms with Gasteiger partial charge in [-0.15, -0.1) is 21.5 Å². The number of pyridine rings is 1. The van der Waals surface area contributed by atoms with Crippen molar-refractivity contribution in [1.29, 1.82) is 0 Å². The zero-order valence-corrected chi connectivity index (χ0v) is 19.9. The third-order valence-electron chi connectivity index (χ3n) is 5.43. The quantitative estimate of drug-likeness (QED) is 0.301. The summed E-state index contributed by atoms with van der Waals surface area (Å²) >= 11 is 7.19. The average molecular weight is 517 g/mol. The second-order valence-electron chi connectivity index (χ2n) is 7.56. The molecular formula is C21H17ClN6O4S2. The minimum atomic E-state index is -3.69. The molecule has 1 amide bonds. The molecular weight excluding hydrogens is 500 g/mol. The van der Waals surface area contributed by atoms with Crippen LogP contribution in [0.3, 0.4) is 0 Å². The summed E-state index contributed by atoms with van der Waals surface area (Å²) < 4.78 is 29.3. The van der Waals surface area contributed by atoms with Crippen molar-refractivity contribution in [1.82, 2.24) is 24.4 Å². The van der Waals surface area contributed by atoms with Gasteiger partial charge in [0.15, 0.2) is 12.4 Å². The van der Waals surface area contributed by atoms with E-state index in [1.165, 1.54) is 39.1 Å². The molecule has 4 aromatic rings. The van der Waals surface area contributed by atoms with E-state index in [1.807, 2.05) is 0 Å². The van der Waals surface area contributed by atoms with E-state index in [0.29, 0.717) is 21.0 Å². The van der Waals surface area contributed by atoms with Gasteiger partial charge in [0.2, 0.25) is 5.82 Å². The summed E-state index contributed by atoms with van der Waals surface area (Å²) in [5.74, 6) is -0.491. The number of benzene rings is 1. The normalized spacial score (nSPS) is 15.0. The monoisotopic (exact) mass is 516 g/mol. The molecule has 34 heavy (non-hydrogen) atoms. The second kappa shape index (κ2) is 8.87. The van der Waals surface area contributed by atoms with Crippen LogP contribution in [0.5, 0.6) is 0 Å². The Morgan fingerprint density at radius 3 is 2.47 bits per heavy atom. The summed E-state index contributed by atoms with van der Waals surface area (Å²) in [6, 6.07) is 10.1. The van der Waals surface area contributed by atoms with Crippen LogP contribution in [-0.4, -0.2) is 64.9 Å². The van der Waals surface area contributed by atoms with Crippen LogP contribution in [0.1, 0.15) is 10.6 Å². The highest BCUT2D eigenvalue weighted by Crippen LogP contribution is 2.33. The van der Waals surface area contributed by atoms with Gasteiger partial charge < -0.3 is 10.1 Å². The van der Waals surface area contributed by atoms with Crippen molar-refractivity contribution in [2.75, 3.05) is 26.2 Å². The number of amides is 1. The number of carbonyl (C=O) groups excluding carboxylic acids is 1. The van der Waals surface area contributed by atoms with Gasteiger partial charge in [0.25, 0.3) is 15.9 Å². The molecule has 1 saturated heterocycles. The zero-order valence-electron chi connectivity index (χ0n) is 17.5. The molecule has 5 rings (SSSR count). The van der Waals surface area contributed by atoms with Crippen LogP contribution in [0.4, 0.5) is 0 Å². The Balaban J connectivity index is 1.26. The van der Waals surface area contributed by atoms with Crippen molar-refractivity contribution in [3.8, 4) is 11.3 Å². The fraction of sp³-hybridized carbons (Fsp3) is 0.190. The number of hydrogen-bond acceptors (Lipinski definition) is 8. The van der Waals surface area contributed by atoms with Gasteiger partial charge in [-0.05, 0) is 23.6 Å². The van der Waals surface area contributed by atoms with Gasteiger partial charge in [-0.3, -0.25) is 4.79 Å². The molecule has 174 valence electrons. The Bertz CT molecular complexity index is 1470. The van der Waals surface area contributed by atoms with Crippen molar-refractivity contribution >= 4 is 49.0 Å². The summed E-state index contributed by atoms with van der Waals surface area (Å²) in [4.78, 5) is 18.4. The SMILES string of the molecule is O=C(c1ncc(-c2cc[n+]([O-])cc2)nn1)N1CCN(S(=O)(=O)c2cc3ccc(Cl)cc3s2)CC1. The highest BCUT2D eigenvalue weighted by Gasteiger charge is 2.32. The van der Waals surface area contributed by atoms with Crippen LogP contribution in [0.15, 0.2) is 59.2 Å². The van der Waals surface area contributed by atoms with E-state index in [4.69, 9.17) is 11.6 Å². The van der Waals surface area contributed by atoms with E-state index in [9.17, 15) is 18.4 Å². The maximum absolute atomic E-state index is 13.1. The molecule has 0 spiro atoms. The number of rotatable bonds is 4. The number of thiophene rings is 1. The first kappa shape index (κ1) is 22.6. The van der Waals surface area contributed by atoms with Gasteiger partial charge in [-0.25, -0.2) is 13.4 Å². The van der Waals surface area contributed by atoms with Crippen molar-refractivity contribution < 1.29 is 17.9 Å². The first-order valence-corrected chi connectivity index (χ1v) is 12.8. The molecule has 0 atom stereocenters. The topological polar surface area (TPSA) is 123 Å². The zero-order chi connectivity index (χ0) is 23.9. The summed E-state index contributed by atoms with van der Waals surface area (Å²) in [6.07, 6.45) is 4.08. The lowest BCUT2D eigenvalue weighted by Gasteiger charge is -2.33. The van der Waals surface area contributed by atoms with Gasteiger partial charge in [-0.2, -0.15) is 9.04 Å². The summed E-state index contributed by atoms with van der Waals surface area (Å²) in [6.45, 7) is 0.742. The fourth-order valence-corrected chi connectivity index (χ4v) is 6.85. The highest BCUT2D eigenvalue weighted by atomic mass is 35.5. The Morgan fingerprint density at radius 1 is 1.06 bits per heavy atom. The molecule has 0 aliphatic carbocycles. The van der Waals surface area contributed by atoms with E-state index in [1.54, 1.807) is 36.4 Å². The van der Waals surface area contributed by atoms with Crippen molar-refractivity contribution in [2.45, 2.75) is 4.21 Å². The van der Waals surface area contributed by atoms with Gasteiger partial charge in [0, 0.05) is 53.6 Å². The Kier molecular flexibility index (Phi) is 5.90. The van der Waals surface area contributed by atoms with E-state index in [-0.39, 0.29) is 36.2 Å². The third kappa shape index (κ3) is 4.32. The van der Waals surface area contributed by atoms with Crippen molar-refractivity contribution in [3.63, 3.8) is 0 Å². The van der Waals surface area contributed by atoms with Crippen LogP contribution in [0, 0.1) is 5.21 Å². The molecule has 0 unspecified atom stereocenters. The van der Waals surface area contributed by atoms with E-state index in [2.05, 4.69) is 15.2 Å². The van der Waals surface area contributed by atoms with E-state index >= 15 is 0 Å². The van der Waals surface area contributed by atoms with Crippen LogP contribution in [-0.2, 0) is 10.0 Å². The maximum atomic E-state index is 13.1. The lowest BCUT2D eigenvalue weighted by molar-refractivity contribution is -0.605. The van der Waals surface area contributed by atoms with Crippen molar-refractivity contribution in [3.05, 3.63) is 71.0 Å². The Hall–Kier alpha value is -3.19. The molecule has 1 aromatic carbocycles. The minimum absolute atomic E-state index is 0.0729. The van der Waals surface area contributed by atoms with Crippen LogP contribution in [0.2, 0.25) is 5.02 Å². The molecule has 1 fully saturated rings. The molecule has 0 radical (unpaired) electrons. The average Bonchev–Trinajstić information content (AvgIpc) is 3.28. The number of hydrogen-bond donors (Lipinski definition) is 0. The molecule has 1 aliphatic heterocycles. The van der Waals surface area contributed by atoms with E-state index < -0.39 is 15.9 Å². The number of piperazine rings is 1. The molecule has 1 aliphatic rings. The van der Waals surface area contributed by atoms with Crippen LogP contribution >= 0.6 is 22.9 Å². The summed E-state index contributed by atoms with van der Waals surface area (Å²) in [5, 5.41) is 20.5. The number of fused-ring (bicyclic) bond motifs is 1. The predicted octanol–water partition coefficient (Wildman–Crippen LogP) is 2.19. The molecule has 10 nitrogen and oxygen atoms in total. The highest BCUT2D eigenvalue weighted by molar-refractivity contribution is 7.91. The minimum Gasteiger partial charge on any atom is -0.619 e. The van der Waals surface area contributed by atoms with Gasteiger partial charge in [0.05, 0.1) is 6.20 Å². The molecule has 0 bridgehead atoms. The number of aromatic nitrogens is 4. The maximum Gasteiger partial charge on any atom is 0.293 e. The third-order valence-corrected chi connectivity index (χ3v) is 9.11. The smallest absolute Gasteiger partial charge is 0.293 e. The lowest BCUT2D eigenvalue weighted by Crippen LogP contribution is -2.50. The second-order valence-corrected chi connectivity index (χ2v) is 11.2. The fourth-order valence-electron chi connectivity index (χ4n) is 3.60. The summed E-state index contributed by atoms with van der Waals surface area (Å²) in [7, 11) is -3.69. The number of nitrogens with zero attached hydrogens (tertiary/aromatic N) is 6.